The number of rotatable bonds is 1. The Balaban J connectivity index is 2.83. The first-order valence-corrected chi connectivity index (χ1v) is 3.88. The van der Waals surface area contributed by atoms with Gasteiger partial charge in [-0.05, 0) is 6.07 Å². The van der Waals surface area contributed by atoms with Gasteiger partial charge in [0, 0.05) is 17.0 Å². The quantitative estimate of drug-likeness (QED) is 0.772. The van der Waals surface area contributed by atoms with Crippen molar-refractivity contribution >= 4 is 22.6 Å². The standard InChI is InChI=1S/C9H6ClFO2/c10-7-2-1-5(4-12)9-6(7)3-8(11)13-9/h1-3,12H,4H2/i4D2. The maximum atomic E-state index is 12.8. The maximum absolute atomic E-state index is 12.8. The zero-order valence-corrected chi connectivity index (χ0v) is 7.10. The fraction of sp³-hybridized carbons (Fsp3) is 0.111. The number of furan rings is 1. The van der Waals surface area contributed by atoms with E-state index in [0.717, 1.165) is 6.07 Å². The maximum Gasteiger partial charge on any atom is 0.278 e. The lowest BCUT2D eigenvalue weighted by Gasteiger charge is -1.97. The molecule has 2 rings (SSSR count). The van der Waals surface area contributed by atoms with Gasteiger partial charge >= 0.3 is 0 Å². The van der Waals surface area contributed by atoms with E-state index >= 15 is 0 Å². The van der Waals surface area contributed by atoms with Gasteiger partial charge in [0.05, 0.1) is 14.3 Å². The van der Waals surface area contributed by atoms with Crippen LogP contribution >= 0.6 is 11.6 Å². The lowest BCUT2D eigenvalue weighted by molar-refractivity contribution is 0.280. The van der Waals surface area contributed by atoms with Crippen molar-refractivity contribution in [3.63, 3.8) is 0 Å². The zero-order chi connectivity index (χ0) is 11.2. The van der Waals surface area contributed by atoms with Crippen molar-refractivity contribution in [1.82, 2.24) is 0 Å². The highest BCUT2D eigenvalue weighted by molar-refractivity contribution is 6.35. The first-order valence-electron chi connectivity index (χ1n) is 4.50. The summed E-state index contributed by atoms with van der Waals surface area (Å²) in [4.78, 5) is 0. The summed E-state index contributed by atoms with van der Waals surface area (Å²) < 4.78 is 31.8. The average Bonchev–Trinajstić information content (AvgIpc) is 2.45. The summed E-state index contributed by atoms with van der Waals surface area (Å²) in [6.07, 6.45) is 0. The van der Waals surface area contributed by atoms with E-state index in [1.54, 1.807) is 0 Å². The van der Waals surface area contributed by atoms with Crippen LogP contribution in [0.1, 0.15) is 8.30 Å². The Kier molecular flexibility index (Phi) is 1.48. The molecule has 4 heteroatoms. The fourth-order valence-electron chi connectivity index (χ4n) is 1.15. The number of aliphatic hydroxyl groups is 1. The zero-order valence-electron chi connectivity index (χ0n) is 8.34. The van der Waals surface area contributed by atoms with Gasteiger partial charge in [-0.15, -0.1) is 0 Å². The van der Waals surface area contributed by atoms with E-state index in [1.807, 2.05) is 0 Å². The summed E-state index contributed by atoms with van der Waals surface area (Å²) in [7, 11) is 0. The molecule has 0 saturated carbocycles. The Morgan fingerprint density at radius 2 is 2.38 bits per heavy atom. The lowest BCUT2D eigenvalue weighted by atomic mass is 10.2. The molecule has 0 amide bonds. The monoisotopic (exact) mass is 202 g/mol. The number of hydrogen-bond donors (Lipinski definition) is 1. The van der Waals surface area contributed by atoms with E-state index in [0.29, 0.717) is 0 Å². The van der Waals surface area contributed by atoms with Gasteiger partial charge < -0.3 is 9.52 Å². The minimum Gasteiger partial charge on any atom is -0.431 e. The molecule has 0 spiro atoms. The fourth-order valence-corrected chi connectivity index (χ4v) is 1.35. The third kappa shape index (κ3) is 1.30. The van der Waals surface area contributed by atoms with E-state index in [2.05, 4.69) is 4.42 Å². The predicted octanol–water partition coefficient (Wildman–Crippen LogP) is 2.72. The summed E-state index contributed by atoms with van der Waals surface area (Å²) in [5, 5.41) is 9.68. The molecule has 1 aromatic heterocycles. The number of hydrogen-bond acceptors (Lipinski definition) is 2. The van der Waals surface area contributed by atoms with Crippen LogP contribution in [0.2, 0.25) is 5.02 Å². The van der Waals surface area contributed by atoms with Gasteiger partial charge in [0.25, 0.3) is 6.01 Å². The van der Waals surface area contributed by atoms with E-state index in [9.17, 15) is 9.50 Å². The topological polar surface area (TPSA) is 33.4 Å². The van der Waals surface area contributed by atoms with Crippen LogP contribution in [0, 0.1) is 6.01 Å². The Hall–Kier alpha value is -1.06. The Morgan fingerprint density at radius 1 is 1.62 bits per heavy atom. The van der Waals surface area contributed by atoms with Crippen LogP contribution in [0.5, 0.6) is 0 Å². The van der Waals surface area contributed by atoms with Gasteiger partial charge in [-0.2, -0.15) is 4.39 Å². The van der Waals surface area contributed by atoms with Gasteiger partial charge in [-0.1, -0.05) is 17.7 Å². The summed E-state index contributed by atoms with van der Waals surface area (Å²) >= 11 is 5.76. The first kappa shape index (κ1) is 6.40. The SMILES string of the molecule is [2H]C([2H])(O)c1ccc(Cl)c2cc(F)oc12. The predicted molar refractivity (Wildman–Crippen MR) is 47.1 cm³/mol. The molecule has 2 nitrogen and oxygen atoms in total. The van der Waals surface area contributed by atoms with E-state index in [1.165, 1.54) is 12.1 Å². The van der Waals surface area contributed by atoms with Crippen LogP contribution in [-0.4, -0.2) is 5.11 Å². The Labute approximate surface area is 81.3 Å². The molecule has 1 aromatic carbocycles. The minimum atomic E-state index is -2.59. The average molecular weight is 203 g/mol. The van der Waals surface area contributed by atoms with Crippen molar-refractivity contribution in [2.45, 2.75) is 6.56 Å². The van der Waals surface area contributed by atoms with Gasteiger partial charge in [-0.25, -0.2) is 0 Å². The van der Waals surface area contributed by atoms with Crippen molar-refractivity contribution in [3.05, 3.63) is 34.8 Å². The third-order valence-corrected chi connectivity index (χ3v) is 2.05. The van der Waals surface area contributed by atoms with E-state index in [-0.39, 0.29) is 21.6 Å². The molecule has 68 valence electrons. The van der Waals surface area contributed by atoms with Crippen molar-refractivity contribution in [2.75, 3.05) is 0 Å². The number of fused-ring (bicyclic) bond motifs is 1. The molecule has 0 unspecified atom stereocenters. The molecular formula is C9H6ClFO2. The summed E-state index contributed by atoms with van der Waals surface area (Å²) in [6, 6.07) is 2.81. The second kappa shape index (κ2) is 3.01. The summed E-state index contributed by atoms with van der Waals surface area (Å²) in [5.74, 6) is 0. The molecule has 1 N–H and O–H groups in total. The lowest BCUT2D eigenvalue weighted by Crippen LogP contribution is -1.82. The molecule has 2 aromatic rings. The largest absolute Gasteiger partial charge is 0.431 e. The summed E-state index contributed by atoms with van der Waals surface area (Å²) in [6.45, 7) is -2.59. The van der Waals surface area contributed by atoms with Crippen LogP contribution < -0.4 is 0 Å². The summed E-state index contributed by atoms with van der Waals surface area (Å²) in [5.41, 5.74) is -0.224. The van der Waals surface area contributed by atoms with Crippen LogP contribution in [0.25, 0.3) is 11.0 Å². The molecule has 0 aliphatic heterocycles. The molecule has 0 saturated heterocycles. The highest BCUT2D eigenvalue weighted by atomic mass is 35.5. The third-order valence-electron chi connectivity index (χ3n) is 1.72. The van der Waals surface area contributed by atoms with E-state index < -0.39 is 12.6 Å². The molecule has 13 heavy (non-hydrogen) atoms. The van der Waals surface area contributed by atoms with Crippen molar-refractivity contribution in [1.29, 1.82) is 0 Å². The highest BCUT2D eigenvalue weighted by Crippen LogP contribution is 2.29. The Bertz CT molecular complexity index is 519. The normalized spacial score (nSPS) is 14.4. The van der Waals surface area contributed by atoms with Crippen LogP contribution in [-0.2, 0) is 6.56 Å². The highest BCUT2D eigenvalue weighted by Gasteiger charge is 2.10. The van der Waals surface area contributed by atoms with Gasteiger partial charge in [-0.3, -0.25) is 0 Å². The van der Waals surface area contributed by atoms with Crippen LogP contribution in [0.3, 0.4) is 0 Å². The molecule has 1 heterocycles. The molecule has 0 bridgehead atoms. The molecule has 0 fully saturated rings. The first-order chi connectivity index (χ1) is 6.89. The van der Waals surface area contributed by atoms with E-state index in [4.69, 9.17) is 14.3 Å². The van der Waals surface area contributed by atoms with Gasteiger partial charge in [0.15, 0.2) is 0 Å². The Morgan fingerprint density at radius 3 is 3.08 bits per heavy atom. The number of halogens is 2. The second-order valence-corrected chi connectivity index (χ2v) is 2.91. The second-order valence-electron chi connectivity index (χ2n) is 2.50. The van der Waals surface area contributed by atoms with Gasteiger partial charge in [0.2, 0.25) is 0 Å². The smallest absolute Gasteiger partial charge is 0.278 e. The molecular weight excluding hydrogens is 195 g/mol. The minimum absolute atomic E-state index is 0.0764. The molecule has 0 atom stereocenters. The molecule has 0 aliphatic carbocycles. The van der Waals surface area contributed by atoms with Gasteiger partial charge in [0.1, 0.15) is 5.58 Å². The van der Waals surface area contributed by atoms with Crippen LogP contribution in [0.4, 0.5) is 4.39 Å². The van der Waals surface area contributed by atoms with Crippen molar-refractivity contribution in [2.24, 2.45) is 0 Å². The van der Waals surface area contributed by atoms with Crippen molar-refractivity contribution < 1.29 is 16.7 Å². The molecule has 0 radical (unpaired) electrons. The van der Waals surface area contributed by atoms with Crippen LogP contribution in [0.15, 0.2) is 22.6 Å². The number of benzene rings is 1. The van der Waals surface area contributed by atoms with Crippen molar-refractivity contribution in [3.8, 4) is 0 Å². The molecule has 0 aliphatic rings.